The summed E-state index contributed by atoms with van der Waals surface area (Å²) in [6.07, 6.45) is 2.08. The Morgan fingerprint density at radius 2 is 1.67 bits per heavy atom. The molecule has 90 valence electrons. The fourth-order valence-corrected chi connectivity index (χ4v) is 1.17. The molecule has 0 aromatic carbocycles. The average molecular weight is 220 g/mol. The van der Waals surface area contributed by atoms with Crippen LogP contribution in [-0.4, -0.2) is 39.0 Å². The van der Waals surface area contributed by atoms with E-state index >= 15 is 0 Å². The topological polar surface area (TPSA) is 46.2 Å². The first kappa shape index (κ1) is 12.9. The van der Waals surface area contributed by atoms with Crippen molar-refractivity contribution in [1.82, 2.24) is 0 Å². The highest BCUT2D eigenvalue weighted by Crippen LogP contribution is 2.16. The van der Waals surface area contributed by atoms with E-state index in [2.05, 4.69) is 6.92 Å². The molecule has 0 radical (unpaired) electrons. The Hall–Kier alpha value is -0.200. The molecule has 0 aromatic heterocycles. The first-order valence-corrected chi connectivity index (χ1v) is 5.43. The van der Waals surface area contributed by atoms with Crippen molar-refractivity contribution >= 4 is 0 Å². The van der Waals surface area contributed by atoms with Crippen LogP contribution in [0.3, 0.4) is 0 Å². The maximum absolute atomic E-state index is 5.55. The molecule has 0 amide bonds. The van der Waals surface area contributed by atoms with Crippen LogP contribution in [0.1, 0.15) is 26.7 Å². The monoisotopic (exact) mass is 220 g/mol. The molecule has 1 heterocycles. The zero-order valence-electron chi connectivity index (χ0n) is 9.49. The summed E-state index contributed by atoms with van der Waals surface area (Å²) < 4.78 is 16.4. The first-order chi connectivity index (χ1) is 7.27. The van der Waals surface area contributed by atoms with Crippen LogP contribution in [0.5, 0.6) is 0 Å². The standard InChI is InChI=1S/C10H20O5/c1-3-4-5-11-10(2)12-6-8-14-15-9-7-13-10/h3-9H2,1-2H3. The first-order valence-electron chi connectivity index (χ1n) is 5.43. The van der Waals surface area contributed by atoms with Gasteiger partial charge in [0.05, 0.1) is 19.8 Å². The number of hydrogen-bond donors (Lipinski definition) is 0. The molecule has 1 saturated heterocycles. The number of ether oxygens (including phenoxy) is 3. The van der Waals surface area contributed by atoms with Crippen molar-refractivity contribution in [2.75, 3.05) is 33.0 Å². The van der Waals surface area contributed by atoms with Crippen molar-refractivity contribution in [2.24, 2.45) is 0 Å². The van der Waals surface area contributed by atoms with E-state index in [1.54, 1.807) is 6.92 Å². The number of unbranched alkanes of at least 4 members (excludes halogenated alkanes) is 1. The second-order valence-electron chi connectivity index (χ2n) is 3.41. The van der Waals surface area contributed by atoms with E-state index < -0.39 is 5.97 Å². The highest BCUT2D eigenvalue weighted by molar-refractivity contribution is 4.50. The molecule has 1 aliphatic rings. The van der Waals surface area contributed by atoms with E-state index in [-0.39, 0.29) is 0 Å². The SMILES string of the molecule is CCCCOC1(C)OCCOOCCO1. The third-order valence-corrected chi connectivity index (χ3v) is 2.01. The van der Waals surface area contributed by atoms with E-state index in [4.69, 9.17) is 24.0 Å². The van der Waals surface area contributed by atoms with E-state index in [0.717, 1.165) is 12.8 Å². The summed E-state index contributed by atoms with van der Waals surface area (Å²) in [6.45, 7) is 6.07. The Morgan fingerprint density at radius 3 is 2.20 bits per heavy atom. The molecule has 1 rings (SSSR count). The molecule has 0 atom stereocenters. The Kier molecular flexibility index (Phi) is 6.12. The maximum Gasteiger partial charge on any atom is 0.280 e. The van der Waals surface area contributed by atoms with E-state index in [1.165, 1.54) is 0 Å². The van der Waals surface area contributed by atoms with Gasteiger partial charge in [0.15, 0.2) is 0 Å². The molecular weight excluding hydrogens is 200 g/mol. The second kappa shape index (κ2) is 7.14. The fraction of sp³-hybridized carbons (Fsp3) is 1.00. The van der Waals surface area contributed by atoms with Crippen LogP contribution in [0.2, 0.25) is 0 Å². The summed E-state index contributed by atoms with van der Waals surface area (Å²) in [5.41, 5.74) is 0. The van der Waals surface area contributed by atoms with Crippen LogP contribution in [0.15, 0.2) is 0 Å². The van der Waals surface area contributed by atoms with Crippen molar-refractivity contribution in [3.63, 3.8) is 0 Å². The largest absolute Gasteiger partial charge is 0.328 e. The van der Waals surface area contributed by atoms with Crippen LogP contribution in [0.4, 0.5) is 0 Å². The van der Waals surface area contributed by atoms with Gasteiger partial charge in [-0.3, -0.25) is 0 Å². The van der Waals surface area contributed by atoms with Gasteiger partial charge in [0.2, 0.25) is 0 Å². The number of hydrogen-bond acceptors (Lipinski definition) is 5. The molecule has 5 heteroatoms. The highest BCUT2D eigenvalue weighted by Gasteiger charge is 2.27. The quantitative estimate of drug-likeness (QED) is 0.530. The second-order valence-corrected chi connectivity index (χ2v) is 3.41. The summed E-state index contributed by atoms with van der Waals surface area (Å²) >= 11 is 0. The van der Waals surface area contributed by atoms with Crippen LogP contribution in [0.25, 0.3) is 0 Å². The normalized spacial score (nSPS) is 22.8. The van der Waals surface area contributed by atoms with Gasteiger partial charge < -0.3 is 14.2 Å². The van der Waals surface area contributed by atoms with Crippen molar-refractivity contribution in [3.8, 4) is 0 Å². The van der Waals surface area contributed by atoms with Gasteiger partial charge in [0.25, 0.3) is 5.97 Å². The van der Waals surface area contributed by atoms with Gasteiger partial charge in [-0.25, -0.2) is 9.78 Å². The molecular formula is C10H20O5. The maximum atomic E-state index is 5.55. The lowest BCUT2D eigenvalue weighted by Gasteiger charge is -2.28. The predicted octanol–water partition coefficient (Wildman–Crippen LogP) is 1.47. The molecule has 0 aliphatic carbocycles. The lowest BCUT2D eigenvalue weighted by Crippen LogP contribution is -2.37. The molecule has 0 saturated carbocycles. The molecule has 1 fully saturated rings. The molecule has 0 spiro atoms. The summed E-state index contributed by atoms with van der Waals surface area (Å²) in [5.74, 6) is -0.966. The van der Waals surface area contributed by atoms with E-state index in [9.17, 15) is 0 Å². The summed E-state index contributed by atoms with van der Waals surface area (Å²) in [5, 5.41) is 0. The third-order valence-electron chi connectivity index (χ3n) is 2.01. The highest BCUT2D eigenvalue weighted by atomic mass is 17.2. The minimum Gasteiger partial charge on any atom is -0.328 e. The van der Waals surface area contributed by atoms with Gasteiger partial charge in [0, 0.05) is 6.92 Å². The Morgan fingerprint density at radius 1 is 1.07 bits per heavy atom. The minimum atomic E-state index is -0.966. The van der Waals surface area contributed by atoms with Gasteiger partial charge in [0.1, 0.15) is 13.2 Å². The third kappa shape index (κ3) is 5.44. The van der Waals surface area contributed by atoms with Crippen LogP contribution in [-0.2, 0) is 24.0 Å². The molecule has 15 heavy (non-hydrogen) atoms. The summed E-state index contributed by atoms with van der Waals surface area (Å²) in [6, 6.07) is 0. The predicted molar refractivity (Wildman–Crippen MR) is 53.1 cm³/mol. The minimum absolute atomic E-state index is 0.385. The lowest BCUT2D eigenvalue weighted by atomic mass is 10.4. The van der Waals surface area contributed by atoms with Gasteiger partial charge in [-0.1, -0.05) is 13.3 Å². The molecule has 0 N–H and O–H groups in total. The van der Waals surface area contributed by atoms with Gasteiger partial charge in [-0.2, -0.15) is 0 Å². The Labute approximate surface area is 90.5 Å². The van der Waals surface area contributed by atoms with Crippen molar-refractivity contribution in [1.29, 1.82) is 0 Å². The van der Waals surface area contributed by atoms with Crippen molar-refractivity contribution < 1.29 is 24.0 Å². The van der Waals surface area contributed by atoms with Crippen LogP contribution >= 0.6 is 0 Å². The van der Waals surface area contributed by atoms with Crippen molar-refractivity contribution in [3.05, 3.63) is 0 Å². The van der Waals surface area contributed by atoms with Crippen LogP contribution < -0.4 is 0 Å². The lowest BCUT2D eigenvalue weighted by molar-refractivity contribution is -0.368. The summed E-state index contributed by atoms with van der Waals surface area (Å²) in [7, 11) is 0. The van der Waals surface area contributed by atoms with Crippen LogP contribution in [0, 0.1) is 0 Å². The summed E-state index contributed by atoms with van der Waals surface area (Å²) in [4.78, 5) is 9.63. The van der Waals surface area contributed by atoms with Gasteiger partial charge in [-0.05, 0) is 6.42 Å². The number of rotatable bonds is 4. The molecule has 5 nitrogen and oxygen atoms in total. The Bertz CT molecular complexity index is 152. The Balaban J connectivity index is 2.31. The average Bonchev–Trinajstić information content (AvgIpc) is 2.31. The van der Waals surface area contributed by atoms with Crippen molar-refractivity contribution in [2.45, 2.75) is 32.7 Å². The van der Waals surface area contributed by atoms with Gasteiger partial charge in [-0.15, -0.1) is 0 Å². The van der Waals surface area contributed by atoms with E-state index in [0.29, 0.717) is 33.0 Å². The molecule has 1 aliphatic heterocycles. The van der Waals surface area contributed by atoms with Gasteiger partial charge >= 0.3 is 0 Å². The zero-order chi connectivity index (χ0) is 11.0. The molecule has 0 bridgehead atoms. The molecule has 0 aromatic rings. The van der Waals surface area contributed by atoms with E-state index in [1.807, 2.05) is 0 Å². The zero-order valence-corrected chi connectivity index (χ0v) is 9.49. The smallest absolute Gasteiger partial charge is 0.280 e. The molecule has 0 unspecified atom stereocenters. The fourth-order valence-electron chi connectivity index (χ4n) is 1.17.